The fraction of sp³-hybridized carbons (Fsp3) is 0.296. The third-order valence-electron chi connectivity index (χ3n) is 6.76. The number of aliphatic hydroxyl groups excluding tert-OH is 1. The van der Waals surface area contributed by atoms with Gasteiger partial charge in [0.05, 0.1) is 6.61 Å². The molecule has 1 unspecified atom stereocenters. The summed E-state index contributed by atoms with van der Waals surface area (Å²) in [6.07, 6.45) is 1.78. The topological polar surface area (TPSA) is 91.7 Å². The Labute approximate surface area is 193 Å². The summed E-state index contributed by atoms with van der Waals surface area (Å²) in [5.74, 6) is -0.338. The maximum atomic E-state index is 12.6. The van der Waals surface area contributed by atoms with E-state index in [-0.39, 0.29) is 18.6 Å². The van der Waals surface area contributed by atoms with Gasteiger partial charge in [-0.1, -0.05) is 42.5 Å². The number of nitrogens with one attached hydrogen (secondary N) is 1. The molecular formula is C27H29N3O3. The van der Waals surface area contributed by atoms with E-state index in [0.29, 0.717) is 0 Å². The fourth-order valence-electron chi connectivity index (χ4n) is 5.04. The van der Waals surface area contributed by atoms with Gasteiger partial charge in [0.2, 0.25) is 5.91 Å². The van der Waals surface area contributed by atoms with Crippen LogP contribution in [0.15, 0.2) is 65.1 Å². The predicted molar refractivity (Wildman–Crippen MR) is 131 cm³/mol. The Morgan fingerprint density at radius 2 is 1.85 bits per heavy atom. The molecule has 1 aliphatic heterocycles. The summed E-state index contributed by atoms with van der Waals surface area (Å²) in [6.45, 7) is 3.58. The van der Waals surface area contributed by atoms with E-state index in [2.05, 4.69) is 23.2 Å². The van der Waals surface area contributed by atoms with Gasteiger partial charge in [0.25, 0.3) is 0 Å². The first-order chi connectivity index (χ1) is 16.0. The average Bonchev–Trinajstić information content (AvgIpc) is 3.19. The van der Waals surface area contributed by atoms with E-state index >= 15 is 0 Å². The van der Waals surface area contributed by atoms with Crippen molar-refractivity contribution in [2.24, 2.45) is 5.73 Å². The van der Waals surface area contributed by atoms with Gasteiger partial charge in [0, 0.05) is 41.2 Å². The molecule has 0 saturated carbocycles. The molecule has 1 amide bonds. The smallest absolute Gasteiger partial charge is 0.239 e. The van der Waals surface area contributed by atoms with Crippen LogP contribution in [0.5, 0.6) is 0 Å². The quantitative estimate of drug-likeness (QED) is 0.408. The summed E-state index contributed by atoms with van der Waals surface area (Å²) < 4.78 is 5.94. The van der Waals surface area contributed by atoms with E-state index < -0.39 is 6.04 Å². The van der Waals surface area contributed by atoms with Crippen LogP contribution < -0.4 is 11.1 Å². The lowest BCUT2D eigenvalue weighted by Crippen LogP contribution is -2.45. The monoisotopic (exact) mass is 443 g/mol. The number of hydrogen-bond acceptors (Lipinski definition) is 5. The number of carbonyl (C=O) groups is 1. The fourth-order valence-corrected chi connectivity index (χ4v) is 5.04. The van der Waals surface area contributed by atoms with Crippen molar-refractivity contribution in [1.82, 2.24) is 4.90 Å². The number of anilines is 1. The highest BCUT2D eigenvalue weighted by atomic mass is 16.3. The van der Waals surface area contributed by atoms with Crippen molar-refractivity contribution in [2.45, 2.75) is 38.5 Å². The molecule has 2 heterocycles. The first kappa shape index (κ1) is 21.5. The van der Waals surface area contributed by atoms with Crippen molar-refractivity contribution < 1.29 is 14.3 Å². The van der Waals surface area contributed by atoms with Crippen molar-refractivity contribution in [2.75, 3.05) is 18.4 Å². The van der Waals surface area contributed by atoms with Gasteiger partial charge >= 0.3 is 0 Å². The van der Waals surface area contributed by atoms with Gasteiger partial charge in [-0.15, -0.1) is 0 Å². The van der Waals surface area contributed by atoms with Crippen molar-refractivity contribution in [3.63, 3.8) is 0 Å². The largest absolute Gasteiger partial charge is 0.456 e. The minimum Gasteiger partial charge on any atom is -0.456 e. The number of likely N-dealkylation sites (tertiary alicyclic amines) is 1. The highest BCUT2D eigenvalue weighted by Crippen LogP contribution is 2.33. The number of piperidine rings is 1. The van der Waals surface area contributed by atoms with E-state index in [1.807, 2.05) is 54.6 Å². The Bertz CT molecular complexity index is 1300. The lowest BCUT2D eigenvalue weighted by molar-refractivity contribution is -0.123. The molecule has 6 nitrogen and oxygen atoms in total. The molecule has 1 saturated heterocycles. The number of aliphatic hydroxyl groups is 1. The molecule has 1 atom stereocenters. The van der Waals surface area contributed by atoms with Crippen LogP contribution in [0, 0.1) is 6.92 Å². The zero-order valence-electron chi connectivity index (χ0n) is 18.8. The van der Waals surface area contributed by atoms with Crippen LogP contribution in [0.25, 0.3) is 21.9 Å². The minimum atomic E-state index is -0.476. The van der Waals surface area contributed by atoms with Gasteiger partial charge < -0.3 is 20.6 Å². The molecule has 0 radical (unpaired) electrons. The number of para-hydroxylation sites is 2. The molecule has 0 aliphatic carbocycles. The average molecular weight is 444 g/mol. The number of primary amides is 1. The Morgan fingerprint density at radius 1 is 1.09 bits per heavy atom. The van der Waals surface area contributed by atoms with Crippen LogP contribution >= 0.6 is 0 Å². The molecule has 3 aromatic carbocycles. The second-order valence-corrected chi connectivity index (χ2v) is 8.88. The van der Waals surface area contributed by atoms with Gasteiger partial charge in [-0.2, -0.15) is 0 Å². The van der Waals surface area contributed by atoms with E-state index in [9.17, 15) is 9.90 Å². The number of rotatable bonds is 6. The lowest BCUT2D eigenvalue weighted by atomic mass is 9.97. The first-order valence-corrected chi connectivity index (χ1v) is 11.5. The Kier molecular flexibility index (Phi) is 5.79. The maximum absolute atomic E-state index is 12.6. The molecule has 4 aromatic rings. The Balaban J connectivity index is 1.35. The highest BCUT2D eigenvalue weighted by Gasteiger charge is 2.30. The summed E-state index contributed by atoms with van der Waals surface area (Å²) >= 11 is 0. The third kappa shape index (κ3) is 4.08. The third-order valence-corrected chi connectivity index (χ3v) is 6.76. The summed E-state index contributed by atoms with van der Waals surface area (Å²) in [7, 11) is 0. The normalized spacial score (nSPS) is 16.3. The van der Waals surface area contributed by atoms with E-state index in [1.54, 1.807) is 0 Å². The number of nitrogens with two attached hydrogens (primary N) is 1. The van der Waals surface area contributed by atoms with Crippen LogP contribution in [-0.4, -0.2) is 35.0 Å². The summed E-state index contributed by atoms with van der Waals surface area (Å²) in [4.78, 5) is 14.7. The molecule has 1 aliphatic rings. The van der Waals surface area contributed by atoms with Crippen LogP contribution in [0.4, 0.5) is 5.69 Å². The molecule has 4 N–H and O–H groups in total. The predicted octanol–water partition coefficient (Wildman–Crippen LogP) is 4.49. The van der Waals surface area contributed by atoms with Crippen molar-refractivity contribution in [3.05, 3.63) is 77.4 Å². The number of amides is 1. The van der Waals surface area contributed by atoms with Crippen LogP contribution in [0.3, 0.4) is 0 Å². The highest BCUT2D eigenvalue weighted by molar-refractivity contribution is 6.05. The maximum Gasteiger partial charge on any atom is 0.239 e. The molecule has 1 fully saturated rings. The van der Waals surface area contributed by atoms with Crippen molar-refractivity contribution >= 4 is 33.5 Å². The van der Waals surface area contributed by atoms with Gasteiger partial charge in [0.1, 0.15) is 17.2 Å². The summed E-state index contributed by atoms with van der Waals surface area (Å²) in [5, 5.41) is 15.4. The van der Waals surface area contributed by atoms with Crippen LogP contribution in [-0.2, 0) is 11.4 Å². The second kappa shape index (κ2) is 8.89. The van der Waals surface area contributed by atoms with Crippen LogP contribution in [0.1, 0.15) is 35.6 Å². The molecule has 5 rings (SSSR count). The van der Waals surface area contributed by atoms with Crippen molar-refractivity contribution in [1.29, 1.82) is 0 Å². The van der Waals surface area contributed by atoms with Crippen LogP contribution in [0.2, 0.25) is 0 Å². The minimum absolute atomic E-state index is 0.0117. The SMILES string of the molecule is Cc1cccc(CO)c1NC1CCN(C(C(N)=O)c2ccc3oc4ccccc4c3c2)CC1. The van der Waals surface area contributed by atoms with E-state index in [1.165, 1.54) is 0 Å². The molecule has 0 bridgehead atoms. The molecule has 1 aromatic heterocycles. The number of nitrogens with zero attached hydrogens (tertiary/aromatic N) is 1. The van der Waals surface area contributed by atoms with Gasteiger partial charge in [-0.05, 0) is 49.1 Å². The van der Waals surface area contributed by atoms with Crippen molar-refractivity contribution in [3.8, 4) is 0 Å². The zero-order valence-corrected chi connectivity index (χ0v) is 18.8. The van der Waals surface area contributed by atoms with Gasteiger partial charge in [0.15, 0.2) is 0 Å². The van der Waals surface area contributed by atoms with E-state index in [0.717, 1.165) is 70.2 Å². The summed E-state index contributed by atoms with van der Waals surface area (Å²) in [5.41, 5.74) is 11.5. The Morgan fingerprint density at radius 3 is 2.61 bits per heavy atom. The number of hydrogen-bond donors (Lipinski definition) is 3. The molecular weight excluding hydrogens is 414 g/mol. The number of benzene rings is 3. The summed E-state index contributed by atoms with van der Waals surface area (Å²) in [6, 6.07) is 19.6. The van der Waals surface area contributed by atoms with Gasteiger partial charge in [-0.25, -0.2) is 0 Å². The molecule has 0 spiro atoms. The lowest BCUT2D eigenvalue weighted by Gasteiger charge is -2.37. The van der Waals surface area contributed by atoms with Gasteiger partial charge in [-0.3, -0.25) is 9.69 Å². The number of fused-ring (bicyclic) bond motifs is 3. The molecule has 6 heteroatoms. The Hall–Kier alpha value is -3.35. The molecule has 170 valence electrons. The second-order valence-electron chi connectivity index (χ2n) is 8.88. The first-order valence-electron chi connectivity index (χ1n) is 11.5. The zero-order chi connectivity index (χ0) is 22.9. The molecule has 33 heavy (non-hydrogen) atoms. The number of aryl methyl sites for hydroxylation is 1. The number of carbonyl (C=O) groups excluding carboxylic acids is 1. The number of furan rings is 1. The van der Waals surface area contributed by atoms with E-state index in [4.69, 9.17) is 10.2 Å². The standard InChI is InChI=1S/C27H29N3O3/c1-17-5-4-6-19(16-31)25(17)29-20-11-13-30(14-12-20)26(27(28)32)18-9-10-24-22(15-18)21-7-2-3-8-23(21)33-24/h2-10,15,20,26,29,31H,11-14,16H2,1H3,(H2,28,32).